The summed E-state index contributed by atoms with van der Waals surface area (Å²) in [6, 6.07) is 2.92. The summed E-state index contributed by atoms with van der Waals surface area (Å²) in [7, 11) is 2.25. The van der Waals surface area contributed by atoms with E-state index in [1.54, 1.807) is 0 Å². The van der Waals surface area contributed by atoms with Crippen molar-refractivity contribution in [1.82, 2.24) is 10.2 Å². The van der Waals surface area contributed by atoms with Gasteiger partial charge in [-0.25, -0.2) is 0 Å². The van der Waals surface area contributed by atoms with Crippen LogP contribution in [0.5, 0.6) is 0 Å². The number of thiophene rings is 1. The summed E-state index contributed by atoms with van der Waals surface area (Å²) in [5.74, 6) is 0. The van der Waals surface area contributed by atoms with Gasteiger partial charge in [0.2, 0.25) is 0 Å². The van der Waals surface area contributed by atoms with Crippen molar-refractivity contribution < 1.29 is 0 Å². The lowest BCUT2D eigenvalue weighted by Gasteiger charge is -2.24. The zero-order chi connectivity index (χ0) is 12.5. The first kappa shape index (κ1) is 13.5. The molecule has 0 saturated carbocycles. The molecule has 2 heterocycles. The second-order valence-electron chi connectivity index (χ2n) is 5.58. The maximum atomic E-state index is 3.58. The highest BCUT2D eigenvalue weighted by atomic mass is 79.9. The Balaban J connectivity index is 1.80. The largest absolute Gasteiger partial charge is 0.310 e. The molecule has 1 fully saturated rings. The van der Waals surface area contributed by atoms with Gasteiger partial charge in [0.1, 0.15) is 0 Å². The Hall–Kier alpha value is 0.1000. The normalized spacial score (nSPS) is 23.5. The second kappa shape index (κ2) is 5.39. The van der Waals surface area contributed by atoms with Gasteiger partial charge in [-0.2, -0.15) is 0 Å². The molecule has 96 valence electrons. The number of nitrogens with one attached hydrogen (secondary N) is 1. The lowest BCUT2D eigenvalue weighted by Crippen LogP contribution is -2.34. The van der Waals surface area contributed by atoms with Crippen molar-refractivity contribution in [2.45, 2.75) is 38.3 Å². The first-order valence-corrected chi connectivity index (χ1v) is 7.82. The van der Waals surface area contributed by atoms with Gasteiger partial charge in [0.05, 0.1) is 0 Å². The van der Waals surface area contributed by atoms with Crippen LogP contribution in [0.15, 0.2) is 15.9 Å². The number of halogens is 1. The highest BCUT2D eigenvalue weighted by Crippen LogP contribution is 2.23. The van der Waals surface area contributed by atoms with Crippen LogP contribution in [0.25, 0.3) is 0 Å². The highest BCUT2D eigenvalue weighted by Gasteiger charge is 2.32. The van der Waals surface area contributed by atoms with Crippen LogP contribution in [0.4, 0.5) is 0 Å². The van der Waals surface area contributed by atoms with Crippen LogP contribution in [-0.2, 0) is 6.42 Å². The third-order valence-electron chi connectivity index (χ3n) is 3.52. The van der Waals surface area contributed by atoms with E-state index in [1.807, 2.05) is 11.3 Å². The average molecular weight is 317 g/mol. The summed E-state index contributed by atoms with van der Waals surface area (Å²) in [5, 5.41) is 5.74. The first-order valence-electron chi connectivity index (χ1n) is 6.14. The summed E-state index contributed by atoms with van der Waals surface area (Å²) in [6.07, 6.45) is 2.40. The van der Waals surface area contributed by atoms with Gasteiger partial charge in [0.15, 0.2) is 0 Å². The number of hydrogen-bond acceptors (Lipinski definition) is 3. The quantitative estimate of drug-likeness (QED) is 0.918. The third kappa shape index (κ3) is 3.78. The molecular formula is C13H21BrN2S. The van der Waals surface area contributed by atoms with Crippen LogP contribution in [0.3, 0.4) is 0 Å². The fraction of sp³-hybridized carbons (Fsp3) is 0.692. The fourth-order valence-electron chi connectivity index (χ4n) is 2.39. The molecular weight excluding hydrogens is 296 g/mol. The van der Waals surface area contributed by atoms with Gasteiger partial charge in [-0.3, -0.25) is 0 Å². The molecule has 1 N–H and O–H groups in total. The minimum atomic E-state index is 0.310. The van der Waals surface area contributed by atoms with Crippen LogP contribution in [0, 0.1) is 0 Å². The minimum absolute atomic E-state index is 0.310. The van der Waals surface area contributed by atoms with E-state index < -0.39 is 0 Å². The van der Waals surface area contributed by atoms with Crippen molar-refractivity contribution in [3.63, 3.8) is 0 Å². The summed E-state index contributed by atoms with van der Waals surface area (Å²) in [6.45, 7) is 6.85. The first-order chi connectivity index (χ1) is 7.96. The predicted octanol–water partition coefficient (Wildman–Crippen LogP) is 3.13. The van der Waals surface area contributed by atoms with Crippen molar-refractivity contribution in [3.05, 3.63) is 20.8 Å². The highest BCUT2D eigenvalue weighted by molar-refractivity contribution is 9.10. The van der Waals surface area contributed by atoms with Gasteiger partial charge in [0, 0.05) is 39.4 Å². The van der Waals surface area contributed by atoms with Crippen LogP contribution in [0.1, 0.15) is 25.1 Å². The maximum absolute atomic E-state index is 3.58. The van der Waals surface area contributed by atoms with E-state index in [4.69, 9.17) is 0 Å². The molecule has 0 aliphatic carbocycles. The van der Waals surface area contributed by atoms with Gasteiger partial charge >= 0.3 is 0 Å². The molecule has 0 radical (unpaired) electrons. The smallest absolute Gasteiger partial charge is 0.0285 e. The number of hydrogen-bond donors (Lipinski definition) is 1. The topological polar surface area (TPSA) is 15.3 Å². The molecule has 1 unspecified atom stereocenters. The third-order valence-corrected chi connectivity index (χ3v) is 5.28. The van der Waals surface area contributed by atoms with E-state index in [0.717, 1.165) is 19.5 Å². The summed E-state index contributed by atoms with van der Waals surface area (Å²) >= 11 is 5.35. The Morgan fingerprint density at radius 3 is 2.88 bits per heavy atom. The molecule has 0 bridgehead atoms. The van der Waals surface area contributed by atoms with E-state index in [9.17, 15) is 0 Å². The van der Waals surface area contributed by atoms with Crippen LogP contribution in [-0.4, -0.2) is 36.6 Å². The maximum Gasteiger partial charge on any atom is 0.0285 e. The molecule has 1 atom stereocenters. The Bertz CT molecular complexity index is 375. The average Bonchev–Trinajstić information content (AvgIpc) is 2.81. The fourth-order valence-corrected chi connectivity index (χ4v) is 3.84. The number of nitrogens with zero attached hydrogens (tertiary/aromatic N) is 1. The van der Waals surface area contributed by atoms with Crippen LogP contribution in [0.2, 0.25) is 0 Å². The molecule has 1 aromatic rings. The molecule has 0 amide bonds. The van der Waals surface area contributed by atoms with Crippen molar-refractivity contribution in [2.24, 2.45) is 0 Å². The van der Waals surface area contributed by atoms with Crippen LogP contribution < -0.4 is 5.32 Å². The lowest BCUT2D eigenvalue weighted by atomic mass is 10.0. The molecule has 1 saturated heterocycles. The zero-order valence-electron chi connectivity index (χ0n) is 10.8. The minimum Gasteiger partial charge on any atom is -0.310 e. The van der Waals surface area contributed by atoms with E-state index in [0.29, 0.717) is 11.6 Å². The SMILES string of the molecule is CN(CCc1cc(Br)cs1)C1CNC(C)(C)C1. The van der Waals surface area contributed by atoms with Gasteiger partial charge in [0.25, 0.3) is 0 Å². The molecule has 2 rings (SSSR count). The Kier molecular flexibility index (Phi) is 4.29. The monoisotopic (exact) mass is 316 g/mol. The molecule has 0 spiro atoms. The molecule has 1 aliphatic heterocycles. The summed E-state index contributed by atoms with van der Waals surface area (Å²) in [4.78, 5) is 3.96. The lowest BCUT2D eigenvalue weighted by molar-refractivity contribution is 0.252. The van der Waals surface area contributed by atoms with Crippen molar-refractivity contribution in [1.29, 1.82) is 0 Å². The van der Waals surface area contributed by atoms with Crippen LogP contribution >= 0.6 is 27.3 Å². The second-order valence-corrected chi connectivity index (χ2v) is 7.50. The van der Waals surface area contributed by atoms with Crippen molar-refractivity contribution >= 4 is 27.3 Å². The van der Waals surface area contributed by atoms with E-state index in [1.165, 1.54) is 15.8 Å². The van der Waals surface area contributed by atoms with E-state index in [2.05, 4.69) is 58.5 Å². The van der Waals surface area contributed by atoms with Crippen molar-refractivity contribution in [2.75, 3.05) is 20.1 Å². The predicted molar refractivity (Wildman–Crippen MR) is 78.8 cm³/mol. The van der Waals surface area contributed by atoms with E-state index >= 15 is 0 Å². The Morgan fingerprint density at radius 2 is 2.35 bits per heavy atom. The van der Waals surface area contributed by atoms with Gasteiger partial charge < -0.3 is 10.2 Å². The summed E-state index contributed by atoms with van der Waals surface area (Å²) < 4.78 is 1.21. The number of rotatable bonds is 4. The zero-order valence-corrected chi connectivity index (χ0v) is 13.2. The van der Waals surface area contributed by atoms with Gasteiger partial charge in [-0.1, -0.05) is 0 Å². The molecule has 1 aromatic heterocycles. The number of likely N-dealkylation sites (N-methyl/N-ethyl adjacent to an activating group) is 1. The van der Waals surface area contributed by atoms with E-state index in [-0.39, 0.29) is 0 Å². The van der Waals surface area contributed by atoms with Gasteiger partial charge in [-0.15, -0.1) is 11.3 Å². The molecule has 0 aromatic carbocycles. The van der Waals surface area contributed by atoms with Crippen molar-refractivity contribution in [3.8, 4) is 0 Å². The molecule has 1 aliphatic rings. The molecule has 4 heteroatoms. The Labute approximate surface area is 117 Å². The standard InChI is InChI=1S/C13H21BrN2S/c1-13(2)7-11(8-15-13)16(3)5-4-12-6-10(14)9-17-12/h6,9,11,15H,4-5,7-8H2,1-3H3. The Morgan fingerprint density at radius 1 is 1.59 bits per heavy atom. The summed E-state index contributed by atoms with van der Waals surface area (Å²) in [5.41, 5.74) is 0.310. The molecule has 17 heavy (non-hydrogen) atoms. The van der Waals surface area contributed by atoms with Gasteiger partial charge in [-0.05, 0) is 55.7 Å². The molecule has 2 nitrogen and oxygen atoms in total.